The van der Waals surface area contributed by atoms with Crippen LogP contribution in [-0.4, -0.2) is 34.4 Å². The molecule has 0 amide bonds. The first-order chi connectivity index (χ1) is 14.3. The number of carboxylic acids is 1. The Balaban J connectivity index is 0.000000311. The van der Waals surface area contributed by atoms with Gasteiger partial charge in [0.05, 0.1) is 20.0 Å². The minimum Gasteiger partial charge on any atom is -0.507 e. The van der Waals surface area contributed by atoms with Crippen molar-refractivity contribution in [2.24, 2.45) is 0 Å². The monoisotopic (exact) mass is 430 g/mol. The normalized spacial score (nSPS) is 10.4. The highest BCUT2D eigenvalue weighted by Gasteiger charge is 2.17. The van der Waals surface area contributed by atoms with Gasteiger partial charge in [0.15, 0.2) is 0 Å². The summed E-state index contributed by atoms with van der Waals surface area (Å²) < 4.78 is 4.62. The predicted octanol–water partition coefficient (Wildman–Crippen LogP) is 4.59. The van der Waals surface area contributed by atoms with E-state index in [9.17, 15) is 19.8 Å². The summed E-state index contributed by atoms with van der Waals surface area (Å²) in [6.07, 6.45) is -0.00421. The Labute approximate surface area is 184 Å². The van der Waals surface area contributed by atoms with Crippen LogP contribution in [0.3, 0.4) is 0 Å². The number of esters is 1. The molecule has 0 aliphatic heterocycles. The Hall–Kier alpha value is -3.02. The quantitative estimate of drug-likeness (QED) is 0.613. The molecule has 0 unspecified atom stereocenters. The zero-order valence-corrected chi connectivity index (χ0v) is 20.0. The van der Waals surface area contributed by atoms with Crippen molar-refractivity contribution in [2.45, 2.75) is 68.2 Å². The van der Waals surface area contributed by atoms with Gasteiger partial charge >= 0.3 is 11.9 Å². The molecule has 6 nitrogen and oxygen atoms in total. The van der Waals surface area contributed by atoms with Crippen LogP contribution in [0.5, 0.6) is 11.5 Å². The van der Waals surface area contributed by atoms with E-state index in [0.717, 1.165) is 44.5 Å². The lowest BCUT2D eigenvalue weighted by Gasteiger charge is -2.16. The van der Waals surface area contributed by atoms with Gasteiger partial charge in [0.1, 0.15) is 11.5 Å². The molecule has 31 heavy (non-hydrogen) atoms. The van der Waals surface area contributed by atoms with Crippen molar-refractivity contribution in [2.75, 3.05) is 7.11 Å². The minimum absolute atomic E-state index is 0.121. The Morgan fingerprint density at radius 1 is 0.613 bits per heavy atom. The zero-order chi connectivity index (χ0) is 24.2. The van der Waals surface area contributed by atoms with Gasteiger partial charge in [-0.1, -0.05) is 0 Å². The second-order valence-electron chi connectivity index (χ2n) is 7.98. The molecule has 0 aliphatic carbocycles. The molecule has 0 fully saturated rings. The van der Waals surface area contributed by atoms with Gasteiger partial charge < -0.3 is 20.1 Å². The van der Waals surface area contributed by atoms with Gasteiger partial charge in [-0.15, -0.1) is 0 Å². The number of rotatable bonds is 4. The maximum atomic E-state index is 11.3. The van der Waals surface area contributed by atoms with Crippen LogP contribution in [0.25, 0.3) is 0 Å². The number of phenols is 2. The van der Waals surface area contributed by atoms with Crippen LogP contribution in [0.4, 0.5) is 0 Å². The van der Waals surface area contributed by atoms with Crippen LogP contribution in [0, 0.1) is 55.4 Å². The molecular formula is C25H34O6. The molecule has 3 N–H and O–H groups in total. The molecule has 2 aromatic rings. The Kier molecular flexibility index (Phi) is 8.67. The lowest BCUT2D eigenvalue weighted by atomic mass is 9.92. The minimum atomic E-state index is -0.920. The molecule has 0 saturated heterocycles. The average molecular weight is 431 g/mol. The fourth-order valence-electron chi connectivity index (χ4n) is 3.54. The number of benzene rings is 2. The fraction of sp³-hybridized carbons (Fsp3) is 0.440. The van der Waals surface area contributed by atoms with Gasteiger partial charge in [-0.05, 0) is 99.9 Å². The Bertz CT molecular complexity index is 960. The van der Waals surface area contributed by atoms with E-state index >= 15 is 0 Å². The third-order valence-electron chi connectivity index (χ3n) is 6.44. The molecular weight excluding hydrogens is 396 g/mol. The van der Waals surface area contributed by atoms with E-state index in [1.165, 1.54) is 7.11 Å². The summed E-state index contributed by atoms with van der Waals surface area (Å²) in [7, 11) is 1.35. The topological polar surface area (TPSA) is 104 Å². The van der Waals surface area contributed by atoms with E-state index in [-0.39, 0.29) is 30.3 Å². The first-order valence-electron chi connectivity index (χ1n) is 10.1. The van der Waals surface area contributed by atoms with Crippen molar-refractivity contribution in [1.29, 1.82) is 0 Å². The number of ether oxygens (including phenoxy) is 1. The largest absolute Gasteiger partial charge is 0.507 e. The number of hydrogen-bond donors (Lipinski definition) is 3. The molecule has 170 valence electrons. The van der Waals surface area contributed by atoms with Crippen LogP contribution in [-0.2, 0) is 27.2 Å². The Morgan fingerprint density at radius 2 is 0.935 bits per heavy atom. The Morgan fingerprint density at radius 3 is 1.26 bits per heavy atom. The van der Waals surface area contributed by atoms with E-state index in [1.807, 2.05) is 55.4 Å². The van der Waals surface area contributed by atoms with Gasteiger partial charge in [-0.25, -0.2) is 0 Å². The van der Waals surface area contributed by atoms with Crippen molar-refractivity contribution < 1.29 is 29.6 Å². The molecule has 2 rings (SSSR count). The highest BCUT2D eigenvalue weighted by molar-refractivity contribution is 5.75. The van der Waals surface area contributed by atoms with Crippen LogP contribution in [0.2, 0.25) is 0 Å². The molecule has 0 heterocycles. The van der Waals surface area contributed by atoms with Crippen LogP contribution >= 0.6 is 0 Å². The van der Waals surface area contributed by atoms with Gasteiger partial charge in [0, 0.05) is 11.1 Å². The van der Waals surface area contributed by atoms with Gasteiger partial charge in [-0.3, -0.25) is 9.59 Å². The van der Waals surface area contributed by atoms with E-state index < -0.39 is 5.97 Å². The number of carbonyl (C=O) groups is 2. The van der Waals surface area contributed by atoms with Gasteiger partial charge in [0.25, 0.3) is 0 Å². The first kappa shape index (κ1) is 26.0. The maximum Gasteiger partial charge on any atom is 0.310 e. The summed E-state index contributed by atoms with van der Waals surface area (Å²) in [4.78, 5) is 21.9. The number of phenolic OH excluding ortho intramolecular Hbond substituents is 2. The van der Waals surface area contributed by atoms with Crippen LogP contribution in [0.1, 0.15) is 55.6 Å². The molecule has 0 saturated carbocycles. The second kappa shape index (κ2) is 10.3. The summed E-state index contributed by atoms with van der Waals surface area (Å²) in [5.41, 5.74) is 8.93. The van der Waals surface area contributed by atoms with Crippen molar-refractivity contribution >= 4 is 11.9 Å². The molecule has 0 bridgehead atoms. The molecule has 0 atom stereocenters. The zero-order valence-electron chi connectivity index (χ0n) is 20.0. The van der Waals surface area contributed by atoms with Gasteiger partial charge in [-0.2, -0.15) is 0 Å². The summed E-state index contributed by atoms with van der Waals surface area (Å²) in [6.45, 7) is 15.3. The molecule has 6 heteroatoms. The third-order valence-corrected chi connectivity index (χ3v) is 6.44. The number of hydrogen-bond acceptors (Lipinski definition) is 5. The SMILES string of the molecule is COC(=O)Cc1c(C)c(C)c(C)c(C)c1O.Cc1c(C)c(C)c(CC(=O)O)c(O)c1C. The van der Waals surface area contributed by atoms with Crippen molar-refractivity contribution in [1.82, 2.24) is 0 Å². The van der Waals surface area contributed by atoms with E-state index in [1.54, 1.807) is 0 Å². The number of aromatic hydroxyl groups is 2. The molecule has 2 aromatic carbocycles. The number of carboxylic acid groups (broad SMARTS) is 1. The number of aliphatic carboxylic acids is 1. The molecule has 0 aliphatic rings. The summed E-state index contributed by atoms with van der Waals surface area (Å²) in [5, 5.41) is 28.6. The lowest BCUT2D eigenvalue weighted by molar-refractivity contribution is -0.140. The third kappa shape index (κ3) is 5.57. The fourth-order valence-corrected chi connectivity index (χ4v) is 3.54. The summed E-state index contributed by atoms with van der Waals surface area (Å²) in [5.74, 6) is -0.916. The average Bonchev–Trinajstić information content (AvgIpc) is 2.74. The van der Waals surface area contributed by atoms with Crippen molar-refractivity contribution in [3.63, 3.8) is 0 Å². The summed E-state index contributed by atoms with van der Waals surface area (Å²) >= 11 is 0. The van der Waals surface area contributed by atoms with E-state index in [2.05, 4.69) is 4.74 Å². The highest BCUT2D eigenvalue weighted by atomic mass is 16.5. The maximum absolute atomic E-state index is 11.3. The van der Waals surface area contributed by atoms with E-state index in [0.29, 0.717) is 11.1 Å². The van der Waals surface area contributed by atoms with Crippen molar-refractivity contribution in [3.8, 4) is 11.5 Å². The molecule has 0 spiro atoms. The number of carbonyl (C=O) groups excluding carboxylic acids is 1. The molecule has 0 aromatic heterocycles. The number of methoxy groups -OCH3 is 1. The first-order valence-corrected chi connectivity index (χ1v) is 10.1. The second-order valence-corrected chi connectivity index (χ2v) is 7.98. The predicted molar refractivity (Wildman–Crippen MR) is 121 cm³/mol. The molecule has 0 radical (unpaired) electrons. The standard InChI is InChI=1S/C13H18O3.C12H16O3/c1-7-8(2)10(4)13(15)11(9(7)3)6-12(14)16-5;1-6-7(2)9(4)12(15)10(8(6)3)5-11(13)14/h15H,6H2,1-5H3;15H,5H2,1-4H3,(H,13,14). The lowest BCUT2D eigenvalue weighted by Crippen LogP contribution is -2.08. The van der Waals surface area contributed by atoms with Crippen LogP contribution < -0.4 is 0 Å². The van der Waals surface area contributed by atoms with Crippen molar-refractivity contribution in [3.05, 3.63) is 55.6 Å². The van der Waals surface area contributed by atoms with E-state index in [4.69, 9.17) is 5.11 Å². The highest BCUT2D eigenvalue weighted by Crippen LogP contribution is 2.33. The van der Waals surface area contributed by atoms with Crippen LogP contribution in [0.15, 0.2) is 0 Å². The smallest absolute Gasteiger partial charge is 0.310 e. The summed E-state index contributed by atoms with van der Waals surface area (Å²) in [6, 6.07) is 0. The van der Waals surface area contributed by atoms with Gasteiger partial charge in [0.2, 0.25) is 0 Å².